The first-order valence-corrected chi connectivity index (χ1v) is 7.88. The van der Waals surface area contributed by atoms with Gasteiger partial charge in [-0.15, -0.1) is 0 Å². The molecule has 0 bridgehead atoms. The van der Waals surface area contributed by atoms with Crippen molar-refractivity contribution in [1.29, 1.82) is 0 Å². The Balaban J connectivity index is 1.79. The van der Waals surface area contributed by atoms with Crippen LogP contribution in [0.4, 0.5) is 4.39 Å². The molecule has 1 heterocycles. The summed E-state index contributed by atoms with van der Waals surface area (Å²) < 4.78 is 13.5. The van der Waals surface area contributed by atoms with Gasteiger partial charge in [-0.05, 0) is 44.4 Å². The quantitative estimate of drug-likeness (QED) is 0.904. The lowest BCUT2D eigenvalue weighted by atomic mass is 10.0. The summed E-state index contributed by atoms with van der Waals surface area (Å²) >= 11 is 0. The van der Waals surface area contributed by atoms with Crippen LogP contribution in [0.25, 0.3) is 0 Å². The Hall–Kier alpha value is -0.970. The number of piperazine rings is 1. The number of aliphatic hydroxyl groups excluding tert-OH is 1. The lowest BCUT2D eigenvalue weighted by Gasteiger charge is -2.37. The first-order chi connectivity index (χ1) is 9.97. The molecule has 1 aliphatic heterocycles. The van der Waals surface area contributed by atoms with Crippen LogP contribution in [-0.2, 0) is 0 Å². The molecule has 0 radical (unpaired) electrons. The van der Waals surface area contributed by atoms with Gasteiger partial charge in [0.25, 0.3) is 0 Å². The second-order valence-electron chi connectivity index (χ2n) is 6.28. The van der Waals surface area contributed by atoms with Crippen LogP contribution in [0.5, 0.6) is 0 Å². The molecule has 1 saturated heterocycles. The molecule has 0 amide bonds. The molecule has 1 aliphatic rings. The standard InChI is InChI=1S/C17H27FN2O/c1-13(2)20-10-8-19(9-11-20)7-6-17(21)15-5-4-14(3)16(18)12-15/h4-5,12-13,17,21H,6-11H2,1-3H3. The van der Waals surface area contributed by atoms with E-state index in [1.807, 2.05) is 6.07 Å². The molecule has 3 nitrogen and oxygen atoms in total. The molecule has 1 aromatic carbocycles. The minimum absolute atomic E-state index is 0.239. The van der Waals surface area contributed by atoms with E-state index >= 15 is 0 Å². The fourth-order valence-electron chi connectivity index (χ4n) is 2.79. The van der Waals surface area contributed by atoms with Gasteiger partial charge in [0.1, 0.15) is 5.82 Å². The van der Waals surface area contributed by atoms with Gasteiger partial charge in [-0.1, -0.05) is 12.1 Å². The minimum Gasteiger partial charge on any atom is -0.388 e. The van der Waals surface area contributed by atoms with Gasteiger partial charge < -0.3 is 10.0 Å². The Labute approximate surface area is 127 Å². The highest BCUT2D eigenvalue weighted by Crippen LogP contribution is 2.20. The maximum Gasteiger partial charge on any atom is 0.126 e. The van der Waals surface area contributed by atoms with Crippen molar-refractivity contribution in [3.05, 3.63) is 35.1 Å². The van der Waals surface area contributed by atoms with E-state index in [9.17, 15) is 9.50 Å². The van der Waals surface area contributed by atoms with Crippen LogP contribution in [0, 0.1) is 12.7 Å². The van der Waals surface area contributed by atoms with E-state index in [0.29, 0.717) is 23.6 Å². The molecule has 118 valence electrons. The highest BCUT2D eigenvalue weighted by atomic mass is 19.1. The Bertz CT molecular complexity index is 456. The van der Waals surface area contributed by atoms with Crippen molar-refractivity contribution in [1.82, 2.24) is 9.80 Å². The number of nitrogens with zero attached hydrogens (tertiary/aromatic N) is 2. The van der Waals surface area contributed by atoms with Crippen molar-refractivity contribution in [2.45, 2.75) is 39.3 Å². The van der Waals surface area contributed by atoms with Crippen molar-refractivity contribution in [3.8, 4) is 0 Å². The van der Waals surface area contributed by atoms with E-state index < -0.39 is 6.10 Å². The third-order valence-corrected chi connectivity index (χ3v) is 4.44. The molecule has 0 saturated carbocycles. The molecule has 4 heteroatoms. The third-order valence-electron chi connectivity index (χ3n) is 4.44. The zero-order valence-corrected chi connectivity index (χ0v) is 13.3. The van der Waals surface area contributed by atoms with Gasteiger partial charge in [0.2, 0.25) is 0 Å². The van der Waals surface area contributed by atoms with Crippen LogP contribution in [0.15, 0.2) is 18.2 Å². The molecule has 1 aromatic rings. The van der Waals surface area contributed by atoms with Gasteiger partial charge in [-0.2, -0.15) is 0 Å². The highest BCUT2D eigenvalue weighted by molar-refractivity contribution is 5.24. The van der Waals surface area contributed by atoms with Crippen molar-refractivity contribution >= 4 is 0 Å². The van der Waals surface area contributed by atoms with Crippen LogP contribution >= 0.6 is 0 Å². The summed E-state index contributed by atoms with van der Waals surface area (Å²) in [5.41, 5.74) is 1.30. The third kappa shape index (κ3) is 4.50. The number of halogens is 1. The predicted octanol–water partition coefficient (Wildman–Crippen LogP) is 2.58. The first-order valence-electron chi connectivity index (χ1n) is 7.88. The molecule has 2 rings (SSSR count). The average molecular weight is 294 g/mol. The van der Waals surface area contributed by atoms with E-state index in [-0.39, 0.29) is 5.82 Å². The molecule has 1 N–H and O–H groups in total. The number of hydrogen-bond donors (Lipinski definition) is 1. The zero-order valence-electron chi connectivity index (χ0n) is 13.3. The summed E-state index contributed by atoms with van der Waals surface area (Å²) in [6.07, 6.45) is 0.0766. The SMILES string of the molecule is Cc1ccc(C(O)CCN2CCN(C(C)C)CC2)cc1F. The fourth-order valence-corrected chi connectivity index (χ4v) is 2.79. The summed E-state index contributed by atoms with van der Waals surface area (Å²) in [5, 5.41) is 10.2. The molecular weight excluding hydrogens is 267 g/mol. The molecule has 1 fully saturated rings. The number of aryl methyl sites for hydroxylation is 1. The highest BCUT2D eigenvalue weighted by Gasteiger charge is 2.19. The summed E-state index contributed by atoms with van der Waals surface area (Å²) in [5.74, 6) is -0.239. The second kappa shape index (κ2) is 7.34. The number of hydrogen-bond acceptors (Lipinski definition) is 3. The van der Waals surface area contributed by atoms with Gasteiger partial charge in [-0.3, -0.25) is 4.90 Å². The first kappa shape index (κ1) is 16.4. The van der Waals surface area contributed by atoms with Gasteiger partial charge in [0.15, 0.2) is 0 Å². The molecule has 0 aromatic heterocycles. The number of rotatable bonds is 5. The Kier molecular flexibility index (Phi) is 5.73. The van der Waals surface area contributed by atoms with Gasteiger partial charge in [0, 0.05) is 38.8 Å². The maximum atomic E-state index is 13.5. The molecule has 1 unspecified atom stereocenters. The van der Waals surface area contributed by atoms with E-state index in [1.54, 1.807) is 13.0 Å². The van der Waals surface area contributed by atoms with Gasteiger partial charge >= 0.3 is 0 Å². The van der Waals surface area contributed by atoms with Crippen LogP contribution in [0.2, 0.25) is 0 Å². The lowest BCUT2D eigenvalue weighted by molar-refractivity contribution is 0.0881. The minimum atomic E-state index is -0.580. The Morgan fingerprint density at radius 3 is 2.43 bits per heavy atom. The van der Waals surface area contributed by atoms with Crippen LogP contribution in [0.1, 0.15) is 37.5 Å². The lowest BCUT2D eigenvalue weighted by Crippen LogP contribution is -2.49. The van der Waals surface area contributed by atoms with Gasteiger partial charge in [0.05, 0.1) is 6.10 Å². The van der Waals surface area contributed by atoms with Crippen molar-refractivity contribution in [2.75, 3.05) is 32.7 Å². The Morgan fingerprint density at radius 1 is 1.19 bits per heavy atom. The van der Waals surface area contributed by atoms with Crippen LogP contribution in [-0.4, -0.2) is 53.7 Å². The summed E-state index contributed by atoms with van der Waals surface area (Å²) in [7, 11) is 0. The van der Waals surface area contributed by atoms with E-state index in [4.69, 9.17) is 0 Å². The van der Waals surface area contributed by atoms with Crippen molar-refractivity contribution < 1.29 is 9.50 Å². The monoisotopic (exact) mass is 294 g/mol. The summed E-state index contributed by atoms with van der Waals surface area (Å²) in [6, 6.07) is 5.61. The van der Waals surface area contributed by atoms with Crippen LogP contribution in [0.3, 0.4) is 0 Å². The number of aliphatic hydroxyl groups is 1. The van der Waals surface area contributed by atoms with E-state index in [0.717, 1.165) is 32.7 Å². The van der Waals surface area contributed by atoms with E-state index in [2.05, 4.69) is 23.6 Å². The smallest absolute Gasteiger partial charge is 0.126 e. The van der Waals surface area contributed by atoms with Crippen LogP contribution < -0.4 is 0 Å². The summed E-state index contributed by atoms with van der Waals surface area (Å²) in [6.45, 7) is 11.3. The normalized spacial score (nSPS) is 19.1. The van der Waals surface area contributed by atoms with Crippen molar-refractivity contribution in [2.24, 2.45) is 0 Å². The largest absolute Gasteiger partial charge is 0.388 e. The second-order valence-corrected chi connectivity index (χ2v) is 6.28. The molecular formula is C17H27FN2O. The van der Waals surface area contributed by atoms with E-state index in [1.165, 1.54) is 6.07 Å². The molecule has 21 heavy (non-hydrogen) atoms. The number of benzene rings is 1. The average Bonchev–Trinajstić information content (AvgIpc) is 2.48. The molecule has 0 spiro atoms. The zero-order chi connectivity index (χ0) is 15.4. The molecule has 0 aliphatic carbocycles. The summed E-state index contributed by atoms with van der Waals surface area (Å²) in [4.78, 5) is 4.86. The van der Waals surface area contributed by atoms with Crippen molar-refractivity contribution in [3.63, 3.8) is 0 Å². The topological polar surface area (TPSA) is 26.7 Å². The fraction of sp³-hybridized carbons (Fsp3) is 0.647. The molecule has 1 atom stereocenters. The predicted molar refractivity (Wildman–Crippen MR) is 83.9 cm³/mol. The van der Waals surface area contributed by atoms with Gasteiger partial charge in [-0.25, -0.2) is 4.39 Å². The Morgan fingerprint density at radius 2 is 1.86 bits per heavy atom. The maximum absolute atomic E-state index is 13.5.